The second-order valence-electron chi connectivity index (χ2n) is 4.61. The Hall–Kier alpha value is -1.84. The van der Waals surface area contributed by atoms with Crippen molar-refractivity contribution in [1.29, 1.82) is 0 Å². The summed E-state index contributed by atoms with van der Waals surface area (Å²) in [6.07, 6.45) is 0. The highest BCUT2D eigenvalue weighted by Gasteiger charge is 2.08. The molecule has 0 radical (unpaired) electrons. The molecule has 0 spiro atoms. The lowest BCUT2D eigenvalue weighted by Crippen LogP contribution is -2.02. The van der Waals surface area contributed by atoms with Crippen molar-refractivity contribution >= 4 is 5.69 Å². The molecule has 0 atom stereocenters. The molecule has 0 aliphatic rings. The van der Waals surface area contributed by atoms with Crippen molar-refractivity contribution in [3.63, 3.8) is 0 Å². The molecule has 2 aromatic rings. The van der Waals surface area contributed by atoms with E-state index in [1.54, 1.807) is 13.0 Å². The summed E-state index contributed by atoms with van der Waals surface area (Å²) >= 11 is 0. The van der Waals surface area contributed by atoms with Crippen LogP contribution >= 0.6 is 0 Å². The number of benzene rings is 1. The van der Waals surface area contributed by atoms with E-state index < -0.39 is 0 Å². The summed E-state index contributed by atoms with van der Waals surface area (Å²) in [5.41, 5.74) is 4.88. The molecule has 0 amide bonds. The first-order chi connectivity index (χ1) is 8.49. The van der Waals surface area contributed by atoms with Gasteiger partial charge in [-0.1, -0.05) is 12.1 Å². The van der Waals surface area contributed by atoms with Gasteiger partial charge < -0.3 is 5.32 Å². The van der Waals surface area contributed by atoms with E-state index in [-0.39, 0.29) is 5.82 Å². The molecule has 4 heteroatoms. The van der Waals surface area contributed by atoms with Crippen LogP contribution in [0.4, 0.5) is 10.1 Å². The van der Waals surface area contributed by atoms with Crippen molar-refractivity contribution < 1.29 is 4.39 Å². The van der Waals surface area contributed by atoms with E-state index in [0.29, 0.717) is 12.1 Å². The molecular weight excluding hydrogens is 229 g/mol. The molecule has 1 heterocycles. The molecule has 18 heavy (non-hydrogen) atoms. The SMILES string of the molecule is Cc1cc(CNc2c(C)nn(C)c2C)ccc1F. The van der Waals surface area contributed by atoms with Crippen molar-refractivity contribution in [2.45, 2.75) is 27.3 Å². The number of aryl methyl sites for hydroxylation is 3. The molecule has 1 N–H and O–H groups in total. The summed E-state index contributed by atoms with van der Waals surface area (Å²) < 4.78 is 15.0. The fourth-order valence-electron chi connectivity index (χ4n) is 2.04. The predicted octanol–water partition coefficient (Wildman–Crippen LogP) is 3.10. The molecule has 0 saturated carbocycles. The van der Waals surface area contributed by atoms with E-state index in [9.17, 15) is 4.39 Å². The van der Waals surface area contributed by atoms with Gasteiger partial charge in [-0.05, 0) is 38.0 Å². The molecule has 0 bridgehead atoms. The Balaban J connectivity index is 2.14. The summed E-state index contributed by atoms with van der Waals surface area (Å²) in [5, 5.41) is 7.71. The predicted molar refractivity (Wildman–Crippen MR) is 71.1 cm³/mol. The molecule has 0 fully saturated rings. The number of rotatable bonds is 3. The standard InChI is InChI=1S/C14H18FN3/c1-9-7-12(5-6-13(9)15)8-16-14-10(2)17-18(4)11(14)3/h5-7,16H,8H2,1-4H3. The summed E-state index contributed by atoms with van der Waals surface area (Å²) in [6, 6.07) is 5.18. The zero-order valence-corrected chi connectivity index (χ0v) is 11.2. The van der Waals surface area contributed by atoms with Gasteiger partial charge in [0, 0.05) is 13.6 Å². The molecule has 96 valence electrons. The van der Waals surface area contributed by atoms with E-state index in [1.165, 1.54) is 6.07 Å². The Morgan fingerprint density at radius 2 is 2.00 bits per heavy atom. The third-order valence-electron chi connectivity index (χ3n) is 3.20. The van der Waals surface area contributed by atoms with Gasteiger partial charge in [-0.15, -0.1) is 0 Å². The van der Waals surface area contributed by atoms with Crippen LogP contribution in [0.3, 0.4) is 0 Å². The minimum atomic E-state index is -0.160. The van der Waals surface area contributed by atoms with Crippen LogP contribution in [0.2, 0.25) is 0 Å². The normalized spacial score (nSPS) is 10.7. The molecule has 1 aromatic carbocycles. The number of hydrogen-bond donors (Lipinski definition) is 1. The summed E-state index contributed by atoms with van der Waals surface area (Å²) in [5.74, 6) is -0.160. The fourth-order valence-corrected chi connectivity index (χ4v) is 2.04. The third-order valence-corrected chi connectivity index (χ3v) is 3.20. The van der Waals surface area contributed by atoms with Crippen molar-refractivity contribution in [3.8, 4) is 0 Å². The number of nitrogens with zero attached hydrogens (tertiary/aromatic N) is 2. The van der Waals surface area contributed by atoms with Gasteiger partial charge in [-0.25, -0.2) is 4.39 Å². The minimum Gasteiger partial charge on any atom is -0.378 e. The quantitative estimate of drug-likeness (QED) is 0.903. The monoisotopic (exact) mass is 247 g/mol. The lowest BCUT2D eigenvalue weighted by molar-refractivity contribution is 0.617. The van der Waals surface area contributed by atoms with Crippen LogP contribution in [-0.4, -0.2) is 9.78 Å². The van der Waals surface area contributed by atoms with Crippen molar-refractivity contribution in [2.24, 2.45) is 7.05 Å². The number of hydrogen-bond acceptors (Lipinski definition) is 2. The molecule has 0 unspecified atom stereocenters. The van der Waals surface area contributed by atoms with E-state index in [2.05, 4.69) is 10.4 Å². The maximum absolute atomic E-state index is 13.2. The van der Waals surface area contributed by atoms with Gasteiger partial charge in [-0.3, -0.25) is 4.68 Å². The van der Waals surface area contributed by atoms with Gasteiger partial charge in [0.05, 0.1) is 17.1 Å². The van der Waals surface area contributed by atoms with Crippen LogP contribution in [-0.2, 0) is 13.6 Å². The van der Waals surface area contributed by atoms with E-state index >= 15 is 0 Å². The van der Waals surface area contributed by atoms with Gasteiger partial charge >= 0.3 is 0 Å². The Morgan fingerprint density at radius 1 is 1.28 bits per heavy atom. The van der Waals surface area contributed by atoms with Crippen LogP contribution < -0.4 is 5.32 Å². The number of nitrogens with one attached hydrogen (secondary N) is 1. The molecular formula is C14H18FN3. The molecule has 0 aliphatic carbocycles. The first-order valence-corrected chi connectivity index (χ1v) is 5.98. The van der Waals surface area contributed by atoms with Crippen molar-refractivity contribution in [1.82, 2.24) is 9.78 Å². The summed E-state index contributed by atoms with van der Waals surface area (Å²) in [4.78, 5) is 0. The first-order valence-electron chi connectivity index (χ1n) is 5.98. The van der Waals surface area contributed by atoms with Gasteiger partial charge in [0.2, 0.25) is 0 Å². The van der Waals surface area contributed by atoms with Crippen molar-refractivity contribution in [2.75, 3.05) is 5.32 Å². The third kappa shape index (κ3) is 2.37. The Morgan fingerprint density at radius 3 is 2.56 bits per heavy atom. The number of aromatic nitrogens is 2. The first kappa shape index (κ1) is 12.6. The Bertz CT molecular complexity index is 573. The highest BCUT2D eigenvalue weighted by Crippen LogP contribution is 2.19. The summed E-state index contributed by atoms with van der Waals surface area (Å²) in [6.45, 7) is 6.46. The van der Waals surface area contributed by atoms with Crippen LogP contribution in [0, 0.1) is 26.6 Å². The van der Waals surface area contributed by atoms with E-state index in [0.717, 1.165) is 22.6 Å². The molecule has 0 saturated heterocycles. The van der Waals surface area contributed by atoms with Gasteiger partial charge in [-0.2, -0.15) is 5.10 Å². The zero-order valence-electron chi connectivity index (χ0n) is 11.2. The molecule has 2 rings (SSSR count). The van der Waals surface area contributed by atoms with Gasteiger partial charge in [0.15, 0.2) is 0 Å². The van der Waals surface area contributed by atoms with E-state index in [4.69, 9.17) is 0 Å². The maximum Gasteiger partial charge on any atom is 0.126 e. The average molecular weight is 247 g/mol. The highest BCUT2D eigenvalue weighted by atomic mass is 19.1. The number of halogens is 1. The maximum atomic E-state index is 13.2. The largest absolute Gasteiger partial charge is 0.378 e. The Kier molecular flexibility index (Phi) is 3.36. The van der Waals surface area contributed by atoms with Crippen LogP contribution in [0.5, 0.6) is 0 Å². The highest BCUT2D eigenvalue weighted by molar-refractivity contribution is 5.52. The molecule has 0 aliphatic heterocycles. The van der Waals surface area contributed by atoms with Crippen LogP contribution in [0.15, 0.2) is 18.2 Å². The second kappa shape index (κ2) is 4.80. The van der Waals surface area contributed by atoms with Gasteiger partial charge in [0.1, 0.15) is 5.82 Å². The zero-order chi connectivity index (χ0) is 13.3. The summed E-state index contributed by atoms with van der Waals surface area (Å²) in [7, 11) is 1.93. The lowest BCUT2D eigenvalue weighted by atomic mass is 10.1. The van der Waals surface area contributed by atoms with Gasteiger partial charge in [0.25, 0.3) is 0 Å². The topological polar surface area (TPSA) is 29.9 Å². The van der Waals surface area contributed by atoms with Crippen LogP contribution in [0.1, 0.15) is 22.5 Å². The lowest BCUT2D eigenvalue weighted by Gasteiger charge is -2.08. The van der Waals surface area contributed by atoms with Crippen molar-refractivity contribution in [3.05, 3.63) is 46.5 Å². The fraction of sp³-hybridized carbons (Fsp3) is 0.357. The van der Waals surface area contributed by atoms with Crippen LogP contribution in [0.25, 0.3) is 0 Å². The average Bonchev–Trinajstić information content (AvgIpc) is 2.56. The second-order valence-corrected chi connectivity index (χ2v) is 4.61. The smallest absolute Gasteiger partial charge is 0.126 e. The van der Waals surface area contributed by atoms with E-state index in [1.807, 2.05) is 31.6 Å². The Labute approximate surface area is 107 Å². The minimum absolute atomic E-state index is 0.160. The molecule has 1 aromatic heterocycles. The molecule has 3 nitrogen and oxygen atoms in total. The number of anilines is 1.